The molecule has 3 N–H and O–H groups in total. The summed E-state index contributed by atoms with van der Waals surface area (Å²) in [5.74, 6) is -0.781. The quantitative estimate of drug-likeness (QED) is 0.502. The smallest absolute Gasteiger partial charge is 0.262 e. The van der Waals surface area contributed by atoms with E-state index in [4.69, 9.17) is 14.9 Å². The second-order valence-electron chi connectivity index (χ2n) is 6.65. The highest BCUT2D eigenvalue weighted by Crippen LogP contribution is 2.32. The van der Waals surface area contributed by atoms with Crippen molar-refractivity contribution < 1.29 is 18.7 Å². The second kappa shape index (κ2) is 6.31. The zero-order chi connectivity index (χ0) is 21.0. The fourth-order valence-electron chi connectivity index (χ4n) is 3.52. The molecule has 2 aromatic carbocycles. The van der Waals surface area contributed by atoms with Crippen molar-refractivity contribution >= 4 is 28.7 Å². The highest BCUT2D eigenvalue weighted by atomic mass is 16.5. The summed E-state index contributed by atoms with van der Waals surface area (Å²) >= 11 is 0. The maximum absolute atomic E-state index is 12.8. The minimum absolute atomic E-state index is 0.0473. The van der Waals surface area contributed by atoms with Crippen LogP contribution in [0.5, 0.6) is 5.75 Å². The Bertz CT molecular complexity index is 1400. The van der Waals surface area contributed by atoms with Crippen molar-refractivity contribution in [3.05, 3.63) is 70.0 Å². The Morgan fingerprint density at radius 3 is 2.63 bits per heavy atom. The van der Waals surface area contributed by atoms with Gasteiger partial charge >= 0.3 is 0 Å². The van der Waals surface area contributed by atoms with E-state index in [1.807, 2.05) is 18.2 Å². The van der Waals surface area contributed by atoms with E-state index in [1.54, 1.807) is 24.3 Å². The van der Waals surface area contributed by atoms with Crippen LogP contribution >= 0.6 is 0 Å². The number of imide groups is 1. The van der Waals surface area contributed by atoms with Crippen molar-refractivity contribution in [1.29, 1.82) is 0 Å². The van der Waals surface area contributed by atoms with E-state index in [2.05, 4.69) is 10.3 Å². The van der Waals surface area contributed by atoms with Gasteiger partial charge in [0.2, 0.25) is 5.89 Å². The number of ether oxygens (including phenoxy) is 1. The number of carbonyl (C=O) groups is 2. The molecular weight excluding hydrogens is 388 g/mol. The lowest BCUT2D eigenvalue weighted by Gasteiger charge is -2.15. The zero-order valence-corrected chi connectivity index (χ0v) is 15.6. The van der Waals surface area contributed by atoms with Gasteiger partial charge < -0.3 is 14.9 Å². The molecule has 0 saturated heterocycles. The summed E-state index contributed by atoms with van der Waals surface area (Å²) < 4.78 is 12.3. The van der Waals surface area contributed by atoms with Crippen molar-refractivity contribution in [2.24, 2.45) is 0 Å². The van der Waals surface area contributed by atoms with Crippen LogP contribution in [0.1, 0.15) is 20.7 Å². The van der Waals surface area contributed by atoms with E-state index in [1.165, 1.54) is 7.11 Å². The number of pyridine rings is 1. The number of nitrogens with zero attached hydrogens (tertiary/aromatic N) is 2. The van der Waals surface area contributed by atoms with Gasteiger partial charge in [0.25, 0.3) is 17.4 Å². The number of hydrogen-bond donors (Lipinski definition) is 2. The van der Waals surface area contributed by atoms with Crippen LogP contribution in [0.25, 0.3) is 28.2 Å². The van der Waals surface area contributed by atoms with Gasteiger partial charge in [0, 0.05) is 11.6 Å². The van der Waals surface area contributed by atoms with Gasteiger partial charge in [0.1, 0.15) is 17.1 Å². The Morgan fingerprint density at radius 2 is 1.87 bits per heavy atom. The zero-order valence-electron chi connectivity index (χ0n) is 15.6. The normalized spacial score (nSPS) is 12.8. The van der Waals surface area contributed by atoms with Crippen LogP contribution in [0.2, 0.25) is 0 Å². The van der Waals surface area contributed by atoms with E-state index >= 15 is 0 Å². The van der Waals surface area contributed by atoms with Crippen LogP contribution in [-0.2, 0) is 0 Å². The molecule has 9 nitrogen and oxygen atoms in total. The van der Waals surface area contributed by atoms with Crippen molar-refractivity contribution in [2.75, 3.05) is 12.8 Å². The summed E-state index contributed by atoms with van der Waals surface area (Å²) in [6.07, 6.45) is 0. The molecule has 0 unspecified atom stereocenters. The number of fused-ring (bicyclic) bond motifs is 2. The number of aromatic nitrogens is 2. The number of oxazole rings is 1. The average Bonchev–Trinajstić information content (AvgIpc) is 3.28. The molecule has 5 rings (SSSR count). The summed E-state index contributed by atoms with van der Waals surface area (Å²) in [5, 5.41) is 2.14. The van der Waals surface area contributed by atoms with E-state index in [-0.39, 0.29) is 22.6 Å². The Balaban J connectivity index is 1.75. The van der Waals surface area contributed by atoms with Crippen LogP contribution < -0.4 is 21.3 Å². The lowest BCUT2D eigenvalue weighted by atomic mass is 10.1. The summed E-state index contributed by atoms with van der Waals surface area (Å²) in [6.45, 7) is 0. The molecule has 2 amide bonds. The SMILES string of the molecule is COc1ccc(-c2nc3ccccc3o2)cc1-n1c(N)c2c(cc1=O)C(=O)NC2=O. The third-order valence-corrected chi connectivity index (χ3v) is 4.91. The predicted molar refractivity (Wildman–Crippen MR) is 108 cm³/mol. The number of para-hydroxylation sites is 2. The van der Waals surface area contributed by atoms with Crippen LogP contribution in [0.15, 0.2) is 57.7 Å². The lowest BCUT2D eigenvalue weighted by Crippen LogP contribution is -2.24. The van der Waals surface area contributed by atoms with Gasteiger partial charge in [0.05, 0.1) is 23.9 Å². The first-order valence-electron chi connectivity index (χ1n) is 8.93. The monoisotopic (exact) mass is 402 g/mol. The second-order valence-corrected chi connectivity index (χ2v) is 6.65. The average molecular weight is 402 g/mol. The maximum atomic E-state index is 12.8. The predicted octanol–water partition coefficient (Wildman–Crippen LogP) is 2.12. The minimum Gasteiger partial charge on any atom is -0.495 e. The van der Waals surface area contributed by atoms with Gasteiger partial charge in [-0.2, -0.15) is 0 Å². The van der Waals surface area contributed by atoms with Crippen LogP contribution in [-0.4, -0.2) is 28.5 Å². The summed E-state index contributed by atoms with van der Waals surface area (Å²) in [7, 11) is 1.45. The topological polar surface area (TPSA) is 129 Å². The summed E-state index contributed by atoms with van der Waals surface area (Å²) in [6, 6.07) is 13.4. The van der Waals surface area contributed by atoms with Gasteiger partial charge in [-0.05, 0) is 30.3 Å². The molecule has 0 radical (unpaired) electrons. The molecule has 9 heteroatoms. The minimum atomic E-state index is -0.657. The van der Waals surface area contributed by atoms with Crippen molar-refractivity contribution in [3.8, 4) is 22.9 Å². The molecule has 148 valence electrons. The number of nitrogens with one attached hydrogen (secondary N) is 1. The summed E-state index contributed by atoms with van der Waals surface area (Å²) in [5.41, 5.74) is 7.65. The van der Waals surface area contributed by atoms with E-state index in [0.29, 0.717) is 28.3 Å². The molecule has 4 aromatic rings. The largest absolute Gasteiger partial charge is 0.495 e. The van der Waals surface area contributed by atoms with Gasteiger partial charge in [0.15, 0.2) is 5.58 Å². The fraction of sp³-hybridized carbons (Fsp3) is 0.0476. The number of nitrogens with two attached hydrogens (primary N) is 1. The van der Waals surface area contributed by atoms with Crippen LogP contribution in [0.3, 0.4) is 0 Å². The maximum Gasteiger partial charge on any atom is 0.262 e. The lowest BCUT2D eigenvalue weighted by molar-refractivity contribution is 0.0880. The number of carbonyl (C=O) groups excluding carboxylic acids is 2. The van der Waals surface area contributed by atoms with Crippen molar-refractivity contribution in [3.63, 3.8) is 0 Å². The number of methoxy groups -OCH3 is 1. The molecule has 0 aliphatic carbocycles. The number of benzene rings is 2. The molecular formula is C21H14N4O5. The Hall–Kier alpha value is -4.40. The molecule has 1 aliphatic rings. The third kappa shape index (κ3) is 2.49. The Labute approximate surface area is 168 Å². The highest BCUT2D eigenvalue weighted by Gasteiger charge is 2.32. The van der Waals surface area contributed by atoms with E-state index in [0.717, 1.165) is 10.6 Å². The number of nitrogen functional groups attached to an aromatic ring is 1. The molecule has 30 heavy (non-hydrogen) atoms. The molecule has 2 aromatic heterocycles. The molecule has 3 heterocycles. The standard InChI is InChI=1S/C21H14N4O5/c1-29-15-7-6-10(21-23-12-4-2-3-5-14(12)30-21)8-13(15)25-16(26)9-11-17(18(25)22)20(28)24-19(11)27/h2-9H,22H2,1H3,(H,24,27,28). The number of anilines is 1. The van der Waals surface area contributed by atoms with Gasteiger partial charge in [-0.25, -0.2) is 4.98 Å². The molecule has 0 saturated carbocycles. The van der Waals surface area contributed by atoms with Gasteiger partial charge in [-0.1, -0.05) is 12.1 Å². The first-order valence-corrected chi connectivity index (χ1v) is 8.93. The first-order chi connectivity index (χ1) is 14.5. The van der Waals surface area contributed by atoms with Gasteiger partial charge in [-0.15, -0.1) is 0 Å². The van der Waals surface area contributed by atoms with E-state index < -0.39 is 17.4 Å². The summed E-state index contributed by atoms with van der Waals surface area (Å²) in [4.78, 5) is 41.3. The number of hydrogen-bond acceptors (Lipinski definition) is 7. The van der Waals surface area contributed by atoms with Crippen molar-refractivity contribution in [1.82, 2.24) is 14.9 Å². The molecule has 0 atom stereocenters. The van der Waals surface area contributed by atoms with Crippen LogP contribution in [0.4, 0.5) is 5.82 Å². The Kier molecular flexibility index (Phi) is 3.72. The molecule has 0 spiro atoms. The number of rotatable bonds is 3. The third-order valence-electron chi connectivity index (χ3n) is 4.91. The molecule has 1 aliphatic heterocycles. The molecule has 0 fully saturated rings. The Morgan fingerprint density at radius 1 is 1.07 bits per heavy atom. The first kappa shape index (κ1) is 17.7. The van der Waals surface area contributed by atoms with E-state index in [9.17, 15) is 14.4 Å². The highest BCUT2D eigenvalue weighted by molar-refractivity contribution is 6.23. The van der Waals surface area contributed by atoms with Gasteiger partial charge in [-0.3, -0.25) is 24.3 Å². The van der Waals surface area contributed by atoms with Crippen LogP contribution in [0, 0.1) is 0 Å². The number of amides is 2. The van der Waals surface area contributed by atoms with Crippen molar-refractivity contribution in [2.45, 2.75) is 0 Å². The fourth-order valence-corrected chi connectivity index (χ4v) is 3.52. The molecule has 0 bridgehead atoms.